The molecule has 2 aromatic rings. The van der Waals surface area contributed by atoms with Crippen LogP contribution in [0.2, 0.25) is 0 Å². The smallest absolute Gasteiger partial charge is 0.260 e. The average Bonchev–Trinajstić information content (AvgIpc) is 2.54. The fourth-order valence-corrected chi connectivity index (χ4v) is 2.90. The van der Waals surface area contributed by atoms with E-state index in [1.807, 2.05) is 6.92 Å². The molecule has 0 radical (unpaired) electrons. The second-order valence-corrected chi connectivity index (χ2v) is 7.36. The number of hydrogen-bond acceptors (Lipinski definition) is 5. The second kappa shape index (κ2) is 7.80. The number of anilines is 1. The van der Waals surface area contributed by atoms with Gasteiger partial charge < -0.3 is 5.11 Å². The van der Waals surface area contributed by atoms with Gasteiger partial charge in [-0.05, 0) is 31.2 Å². The van der Waals surface area contributed by atoms with Crippen LogP contribution in [0.15, 0.2) is 53.6 Å². The monoisotopic (exact) mass is 361 g/mol. The highest BCUT2D eigenvalue weighted by atomic mass is 32.2. The van der Waals surface area contributed by atoms with Crippen LogP contribution in [-0.4, -0.2) is 38.4 Å². The second-order valence-electron chi connectivity index (χ2n) is 5.46. The van der Waals surface area contributed by atoms with Gasteiger partial charge in [-0.2, -0.15) is 5.10 Å². The Morgan fingerprint density at radius 2 is 1.84 bits per heavy atom. The summed E-state index contributed by atoms with van der Waals surface area (Å²) in [5, 5.41) is 13.3. The van der Waals surface area contributed by atoms with Crippen LogP contribution >= 0.6 is 0 Å². The molecular weight excluding hydrogens is 342 g/mol. The van der Waals surface area contributed by atoms with Crippen molar-refractivity contribution in [3.63, 3.8) is 0 Å². The maximum absolute atomic E-state index is 12.0. The van der Waals surface area contributed by atoms with Gasteiger partial charge in [-0.3, -0.25) is 9.10 Å². The lowest BCUT2D eigenvalue weighted by Gasteiger charge is -2.21. The average molecular weight is 361 g/mol. The first kappa shape index (κ1) is 18.5. The van der Waals surface area contributed by atoms with Gasteiger partial charge in [-0.1, -0.05) is 29.8 Å². The summed E-state index contributed by atoms with van der Waals surface area (Å²) in [4.78, 5) is 12.0. The zero-order chi connectivity index (χ0) is 18.4. The number of aromatic hydroxyl groups is 1. The largest absolute Gasteiger partial charge is 0.507 e. The molecule has 1 amide bonds. The topological polar surface area (TPSA) is 99.1 Å². The first-order valence-corrected chi connectivity index (χ1v) is 9.26. The standard InChI is InChI=1S/C17H19N3O4S/c1-13-7-9-15(10-8-13)20(25(2,23)24)12-17(22)19-18-11-14-5-3-4-6-16(14)21/h3-11,21H,12H2,1-2H3,(H,19,22)/b18-11-. The Morgan fingerprint density at radius 1 is 1.20 bits per heavy atom. The van der Waals surface area contributed by atoms with Crippen LogP contribution in [0.1, 0.15) is 11.1 Å². The maximum Gasteiger partial charge on any atom is 0.260 e. The summed E-state index contributed by atoms with van der Waals surface area (Å²) in [6.07, 6.45) is 2.31. The normalized spacial score (nSPS) is 11.4. The predicted octanol–water partition coefficient (Wildman–Crippen LogP) is 1.62. The molecule has 2 rings (SSSR count). The van der Waals surface area contributed by atoms with Crippen LogP contribution in [-0.2, 0) is 14.8 Å². The number of carbonyl (C=O) groups excluding carboxylic acids is 1. The molecule has 0 fully saturated rings. The van der Waals surface area contributed by atoms with E-state index in [0.717, 1.165) is 16.1 Å². The van der Waals surface area contributed by atoms with E-state index in [2.05, 4.69) is 10.5 Å². The summed E-state index contributed by atoms with van der Waals surface area (Å²) in [6, 6.07) is 13.3. The number of amides is 1. The molecular formula is C17H19N3O4S. The van der Waals surface area contributed by atoms with Gasteiger partial charge in [-0.25, -0.2) is 13.8 Å². The molecule has 7 nitrogen and oxygen atoms in total. The number of hydrazone groups is 1. The van der Waals surface area contributed by atoms with Crippen molar-refractivity contribution >= 4 is 27.8 Å². The molecule has 0 unspecified atom stereocenters. The molecule has 0 aromatic heterocycles. The molecule has 0 bridgehead atoms. The van der Waals surface area contributed by atoms with Crippen molar-refractivity contribution in [3.05, 3.63) is 59.7 Å². The summed E-state index contributed by atoms with van der Waals surface area (Å²) >= 11 is 0. The van der Waals surface area contributed by atoms with E-state index in [1.54, 1.807) is 42.5 Å². The molecule has 0 aliphatic rings. The third-order valence-electron chi connectivity index (χ3n) is 3.34. The number of carbonyl (C=O) groups is 1. The summed E-state index contributed by atoms with van der Waals surface area (Å²) in [6.45, 7) is 1.48. The minimum Gasteiger partial charge on any atom is -0.507 e. The quantitative estimate of drug-likeness (QED) is 0.603. The van der Waals surface area contributed by atoms with Crippen LogP contribution in [0.25, 0.3) is 0 Å². The zero-order valence-electron chi connectivity index (χ0n) is 13.9. The molecule has 0 aliphatic heterocycles. The molecule has 2 N–H and O–H groups in total. The number of nitrogens with zero attached hydrogens (tertiary/aromatic N) is 2. The molecule has 2 aromatic carbocycles. The molecule has 25 heavy (non-hydrogen) atoms. The molecule has 8 heteroatoms. The molecule has 0 aliphatic carbocycles. The van der Waals surface area contributed by atoms with Gasteiger partial charge in [0.2, 0.25) is 10.0 Å². The van der Waals surface area contributed by atoms with Crippen LogP contribution in [0.3, 0.4) is 0 Å². The van der Waals surface area contributed by atoms with E-state index >= 15 is 0 Å². The highest BCUT2D eigenvalue weighted by molar-refractivity contribution is 7.92. The number of nitrogens with one attached hydrogen (secondary N) is 1. The zero-order valence-corrected chi connectivity index (χ0v) is 14.7. The molecule has 0 spiro atoms. The summed E-state index contributed by atoms with van der Waals surface area (Å²) in [5.41, 5.74) is 4.06. The molecule has 0 heterocycles. The van der Waals surface area contributed by atoms with E-state index in [9.17, 15) is 18.3 Å². The molecule has 132 valence electrons. The van der Waals surface area contributed by atoms with Gasteiger partial charge in [0.25, 0.3) is 5.91 Å². The fourth-order valence-electron chi connectivity index (χ4n) is 2.05. The van der Waals surface area contributed by atoms with Gasteiger partial charge in [0.1, 0.15) is 12.3 Å². The van der Waals surface area contributed by atoms with Gasteiger partial charge in [0.05, 0.1) is 18.2 Å². The third kappa shape index (κ3) is 5.32. The Balaban J connectivity index is 2.07. The van der Waals surface area contributed by atoms with E-state index in [-0.39, 0.29) is 5.75 Å². The van der Waals surface area contributed by atoms with E-state index in [1.165, 1.54) is 12.3 Å². The number of hydrogen-bond donors (Lipinski definition) is 2. The van der Waals surface area contributed by atoms with Crippen LogP contribution < -0.4 is 9.73 Å². The highest BCUT2D eigenvalue weighted by Gasteiger charge is 2.20. The van der Waals surface area contributed by atoms with Gasteiger partial charge >= 0.3 is 0 Å². The Morgan fingerprint density at radius 3 is 2.44 bits per heavy atom. The first-order chi connectivity index (χ1) is 11.8. The highest BCUT2D eigenvalue weighted by Crippen LogP contribution is 2.17. The first-order valence-electron chi connectivity index (χ1n) is 7.41. The minimum atomic E-state index is -3.63. The number of para-hydroxylation sites is 1. The Labute approximate surface area is 146 Å². The SMILES string of the molecule is Cc1ccc(N(CC(=O)N/N=C\c2ccccc2O)S(C)(=O)=O)cc1. The number of phenolic OH excluding ortho intramolecular Hbond substituents is 1. The number of aryl methyl sites for hydroxylation is 1. The van der Waals surface area contributed by atoms with Crippen molar-refractivity contribution < 1.29 is 18.3 Å². The van der Waals surface area contributed by atoms with Crippen molar-refractivity contribution in [3.8, 4) is 5.75 Å². The fraction of sp³-hybridized carbons (Fsp3) is 0.176. The van der Waals surface area contributed by atoms with Gasteiger partial charge in [0.15, 0.2) is 0 Å². The van der Waals surface area contributed by atoms with E-state index in [4.69, 9.17) is 0 Å². The maximum atomic E-state index is 12.0. The summed E-state index contributed by atoms with van der Waals surface area (Å²) in [5.74, 6) is -0.574. The van der Waals surface area contributed by atoms with Crippen molar-refractivity contribution in [2.45, 2.75) is 6.92 Å². The third-order valence-corrected chi connectivity index (χ3v) is 4.48. The van der Waals surface area contributed by atoms with E-state index < -0.39 is 22.5 Å². The molecule has 0 saturated heterocycles. The van der Waals surface area contributed by atoms with Crippen LogP contribution in [0, 0.1) is 6.92 Å². The molecule has 0 saturated carbocycles. The predicted molar refractivity (Wildman–Crippen MR) is 97.2 cm³/mol. The van der Waals surface area contributed by atoms with Crippen LogP contribution in [0.4, 0.5) is 5.69 Å². The summed E-state index contributed by atoms with van der Waals surface area (Å²) in [7, 11) is -3.63. The van der Waals surface area contributed by atoms with Crippen molar-refractivity contribution in [1.29, 1.82) is 0 Å². The number of benzene rings is 2. The lowest BCUT2D eigenvalue weighted by Crippen LogP contribution is -2.39. The summed E-state index contributed by atoms with van der Waals surface area (Å²) < 4.78 is 24.9. The molecule has 0 atom stereocenters. The Hall–Kier alpha value is -2.87. The Kier molecular flexibility index (Phi) is 5.76. The lowest BCUT2D eigenvalue weighted by molar-refractivity contribution is -0.119. The van der Waals surface area contributed by atoms with Crippen LogP contribution in [0.5, 0.6) is 5.75 Å². The number of phenols is 1. The van der Waals surface area contributed by atoms with Crippen molar-refractivity contribution in [1.82, 2.24) is 5.43 Å². The number of rotatable bonds is 6. The Bertz CT molecular complexity index is 877. The van der Waals surface area contributed by atoms with Crippen molar-refractivity contribution in [2.75, 3.05) is 17.1 Å². The van der Waals surface area contributed by atoms with E-state index in [0.29, 0.717) is 11.3 Å². The minimum absolute atomic E-state index is 0.0258. The van der Waals surface area contributed by atoms with Gasteiger partial charge in [-0.15, -0.1) is 0 Å². The number of sulfonamides is 1. The van der Waals surface area contributed by atoms with Crippen molar-refractivity contribution in [2.24, 2.45) is 5.10 Å². The lowest BCUT2D eigenvalue weighted by atomic mass is 10.2. The van der Waals surface area contributed by atoms with Gasteiger partial charge in [0, 0.05) is 5.56 Å².